The van der Waals surface area contributed by atoms with Crippen LogP contribution >= 0.6 is 0 Å². The number of benzene rings is 2. The Balaban J connectivity index is 2.62. The third-order valence-corrected chi connectivity index (χ3v) is 3.55. The van der Waals surface area contributed by atoms with Crippen LogP contribution in [-0.2, 0) is 5.54 Å². The molecule has 0 aromatic heterocycles. The average Bonchev–Trinajstić information content (AvgIpc) is 2.48. The van der Waals surface area contributed by atoms with E-state index in [-0.39, 0.29) is 0 Å². The van der Waals surface area contributed by atoms with E-state index in [1.54, 1.807) is 0 Å². The molecule has 2 aromatic rings. The normalized spacial score (nSPS) is 13.4. The molecule has 0 aliphatic carbocycles. The van der Waals surface area contributed by atoms with E-state index in [2.05, 4.69) is 28.2 Å². The highest BCUT2D eigenvalue weighted by molar-refractivity contribution is 5.68. The van der Waals surface area contributed by atoms with Crippen LogP contribution in [0.3, 0.4) is 0 Å². The summed E-state index contributed by atoms with van der Waals surface area (Å²) in [4.78, 5) is 3.01. The van der Waals surface area contributed by atoms with E-state index in [9.17, 15) is 0 Å². The van der Waals surface area contributed by atoms with Gasteiger partial charge in [-0.1, -0.05) is 66.6 Å². The molecule has 0 heterocycles. The van der Waals surface area contributed by atoms with Crippen molar-refractivity contribution in [2.45, 2.75) is 25.8 Å². The Morgan fingerprint density at radius 1 is 1.05 bits per heavy atom. The SMILES string of the molecule is CCC(C)(N=[N+]=[N-])c1ccccc1-c1ccccc1. The first kappa shape index (κ1) is 13.2. The minimum atomic E-state index is -0.513. The van der Waals surface area contributed by atoms with Crippen LogP contribution in [0.1, 0.15) is 25.8 Å². The van der Waals surface area contributed by atoms with Crippen molar-refractivity contribution in [3.8, 4) is 11.1 Å². The molecule has 0 spiro atoms. The van der Waals surface area contributed by atoms with Gasteiger partial charge >= 0.3 is 0 Å². The second kappa shape index (κ2) is 5.59. The lowest BCUT2D eigenvalue weighted by Crippen LogP contribution is -2.18. The van der Waals surface area contributed by atoms with E-state index < -0.39 is 5.54 Å². The highest BCUT2D eigenvalue weighted by Crippen LogP contribution is 2.36. The summed E-state index contributed by atoms with van der Waals surface area (Å²) in [5.41, 5.74) is 11.6. The van der Waals surface area contributed by atoms with Crippen molar-refractivity contribution in [1.82, 2.24) is 0 Å². The van der Waals surface area contributed by atoms with E-state index in [4.69, 9.17) is 5.53 Å². The number of hydrogen-bond acceptors (Lipinski definition) is 1. The van der Waals surface area contributed by atoms with Crippen molar-refractivity contribution in [3.63, 3.8) is 0 Å². The third kappa shape index (κ3) is 2.61. The second-order valence-corrected chi connectivity index (χ2v) is 4.73. The summed E-state index contributed by atoms with van der Waals surface area (Å²) in [5, 5.41) is 4.01. The van der Waals surface area contributed by atoms with E-state index >= 15 is 0 Å². The summed E-state index contributed by atoms with van der Waals surface area (Å²) in [7, 11) is 0. The average molecular weight is 251 g/mol. The summed E-state index contributed by atoms with van der Waals surface area (Å²) in [6, 6.07) is 18.3. The molecule has 2 rings (SSSR count). The Hall–Kier alpha value is -2.25. The molecule has 0 saturated carbocycles. The summed E-state index contributed by atoms with van der Waals surface area (Å²) in [6.45, 7) is 4.02. The predicted molar refractivity (Wildman–Crippen MR) is 78.7 cm³/mol. The van der Waals surface area contributed by atoms with Crippen molar-refractivity contribution in [2.24, 2.45) is 5.11 Å². The molecule has 3 heteroatoms. The molecule has 96 valence electrons. The van der Waals surface area contributed by atoms with Gasteiger partial charge in [-0.15, -0.1) is 0 Å². The van der Waals surface area contributed by atoms with Crippen LogP contribution in [0, 0.1) is 0 Å². The fourth-order valence-electron chi connectivity index (χ4n) is 2.24. The Bertz CT molecular complexity index is 600. The van der Waals surface area contributed by atoms with Gasteiger partial charge in [0.25, 0.3) is 0 Å². The molecule has 2 aromatic carbocycles. The van der Waals surface area contributed by atoms with Gasteiger partial charge in [-0.2, -0.15) is 0 Å². The Labute approximate surface area is 113 Å². The highest BCUT2D eigenvalue weighted by atomic mass is 15.2. The van der Waals surface area contributed by atoms with Crippen molar-refractivity contribution in [3.05, 3.63) is 70.6 Å². The maximum absolute atomic E-state index is 8.81. The molecule has 1 atom stereocenters. The van der Waals surface area contributed by atoms with Crippen LogP contribution in [0.25, 0.3) is 21.6 Å². The fourth-order valence-corrected chi connectivity index (χ4v) is 2.24. The monoisotopic (exact) mass is 251 g/mol. The first-order valence-electron chi connectivity index (χ1n) is 6.42. The molecule has 3 nitrogen and oxygen atoms in total. The largest absolute Gasteiger partial charge is 0.0828 e. The Morgan fingerprint density at radius 3 is 2.32 bits per heavy atom. The highest BCUT2D eigenvalue weighted by Gasteiger charge is 2.25. The van der Waals surface area contributed by atoms with Gasteiger partial charge < -0.3 is 0 Å². The topological polar surface area (TPSA) is 48.8 Å². The lowest BCUT2D eigenvalue weighted by molar-refractivity contribution is 0.475. The summed E-state index contributed by atoms with van der Waals surface area (Å²) in [6.07, 6.45) is 0.765. The summed E-state index contributed by atoms with van der Waals surface area (Å²) < 4.78 is 0. The zero-order chi connectivity index (χ0) is 13.7. The van der Waals surface area contributed by atoms with Crippen molar-refractivity contribution < 1.29 is 0 Å². The fraction of sp³-hybridized carbons (Fsp3) is 0.250. The lowest BCUT2D eigenvalue weighted by atomic mass is 9.84. The van der Waals surface area contributed by atoms with Gasteiger partial charge in [0.1, 0.15) is 0 Å². The van der Waals surface area contributed by atoms with Crippen LogP contribution < -0.4 is 0 Å². The molecule has 0 N–H and O–H groups in total. The molecule has 0 aliphatic rings. The zero-order valence-corrected chi connectivity index (χ0v) is 11.2. The second-order valence-electron chi connectivity index (χ2n) is 4.73. The van der Waals surface area contributed by atoms with Gasteiger partial charge in [0.05, 0.1) is 5.54 Å². The number of rotatable bonds is 4. The molecule has 0 fully saturated rings. The minimum Gasteiger partial charge on any atom is -0.0828 e. The first-order valence-corrected chi connectivity index (χ1v) is 6.42. The van der Waals surface area contributed by atoms with E-state index in [1.807, 2.05) is 50.2 Å². The molecule has 0 amide bonds. The van der Waals surface area contributed by atoms with Crippen LogP contribution in [0.2, 0.25) is 0 Å². The van der Waals surface area contributed by atoms with Crippen LogP contribution in [-0.4, -0.2) is 0 Å². The van der Waals surface area contributed by atoms with E-state index in [0.717, 1.165) is 23.1 Å². The van der Waals surface area contributed by atoms with Gasteiger partial charge in [-0.25, -0.2) is 0 Å². The minimum absolute atomic E-state index is 0.513. The lowest BCUT2D eigenvalue weighted by Gasteiger charge is -2.25. The summed E-state index contributed by atoms with van der Waals surface area (Å²) in [5.74, 6) is 0. The smallest absolute Gasteiger partial charge is 0.0713 e. The molecule has 0 saturated heterocycles. The molecular formula is C16H17N3. The maximum atomic E-state index is 8.81. The standard InChI is InChI=1S/C16H17N3/c1-3-16(2,18-19-17)15-12-8-7-11-14(15)13-9-5-4-6-10-13/h4-12H,3H2,1-2H3. The van der Waals surface area contributed by atoms with Crippen LogP contribution in [0.15, 0.2) is 59.7 Å². The quantitative estimate of drug-likeness (QED) is 0.403. The third-order valence-electron chi connectivity index (χ3n) is 3.55. The number of nitrogens with zero attached hydrogens (tertiary/aromatic N) is 3. The van der Waals surface area contributed by atoms with Gasteiger partial charge in [0.2, 0.25) is 0 Å². The zero-order valence-electron chi connectivity index (χ0n) is 11.2. The predicted octanol–water partition coefficient (Wildman–Crippen LogP) is 5.29. The van der Waals surface area contributed by atoms with Crippen molar-refractivity contribution in [1.29, 1.82) is 0 Å². The van der Waals surface area contributed by atoms with E-state index in [1.165, 1.54) is 0 Å². The van der Waals surface area contributed by atoms with Gasteiger partial charge in [-0.3, -0.25) is 0 Å². The van der Waals surface area contributed by atoms with Gasteiger partial charge in [-0.05, 0) is 35.6 Å². The van der Waals surface area contributed by atoms with Crippen LogP contribution in [0.4, 0.5) is 0 Å². The van der Waals surface area contributed by atoms with Gasteiger partial charge in [0, 0.05) is 4.91 Å². The molecule has 0 radical (unpaired) electrons. The Kier molecular flexibility index (Phi) is 3.88. The molecular weight excluding hydrogens is 234 g/mol. The number of azide groups is 1. The summed E-state index contributed by atoms with van der Waals surface area (Å²) >= 11 is 0. The van der Waals surface area contributed by atoms with Crippen molar-refractivity contribution >= 4 is 0 Å². The molecule has 0 aliphatic heterocycles. The molecule has 0 bridgehead atoms. The molecule has 19 heavy (non-hydrogen) atoms. The van der Waals surface area contributed by atoms with Crippen LogP contribution in [0.5, 0.6) is 0 Å². The van der Waals surface area contributed by atoms with Crippen molar-refractivity contribution in [2.75, 3.05) is 0 Å². The van der Waals surface area contributed by atoms with Gasteiger partial charge in [0.15, 0.2) is 0 Å². The molecule has 1 unspecified atom stereocenters. The first-order chi connectivity index (χ1) is 9.21. The maximum Gasteiger partial charge on any atom is 0.0713 e. The number of hydrogen-bond donors (Lipinski definition) is 0. The Morgan fingerprint density at radius 2 is 1.68 bits per heavy atom. The van der Waals surface area contributed by atoms with E-state index in [0.29, 0.717) is 0 Å².